The lowest BCUT2D eigenvalue weighted by atomic mass is 10.0. The topological polar surface area (TPSA) is 127 Å². The number of nitrogens with two attached hydrogens (primary N) is 1. The number of amides is 2. The maximum absolute atomic E-state index is 12.4. The summed E-state index contributed by atoms with van der Waals surface area (Å²) in [5.74, 6) is 2.20. The Bertz CT molecular complexity index is 1420. The Labute approximate surface area is 192 Å². The summed E-state index contributed by atoms with van der Waals surface area (Å²) in [7, 11) is -3.86. The number of nitrogens with one attached hydrogen (secondary N) is 2. The number of urea groups is 1. The maximum atomic E-state index is 12.4. The Morgan fingerprint density at radius 2 is 1.97 bits per heavy atom. The Kier molecular flexibility index (Phi) is 6.20. The summed E-state index contributed by atoms with van der Waals surface area (Å²) < 4.78 is 24.6. The largest absolute Gasteiger partial charge is 0.330 e. The highest BCUT2D eigenvalue weighted by molar-refractivity contribution is 7.89. The normalized spacial score (nSPS) is 12.2. The van der Waals surface area contributed by atoms with Crippen LogP contribution in [-0.2, 0) is 10.0 Å². The zero-order chi connectivity index (χ0) is 22.7. The molecule has 1 atom stereocenters. The van der Waals surface area contributed by atoms with Crippen LogP contribution in [0.15, 0.2) is 53.4 Å². The molecular weight excluding hydrogens is 466 g/mol. The molecule has 2 amide bonds. The number of anilines is 1. The van der Waals surface area contributed by atoms with Gasteiger partial charge >= 0.3 is 6.03 Å². The summed E-state index contributed by atoms with van der Waals surface area (Å²) in [4.78, 5) is 20.8. The van der Waals surface area contributed by atoms with E-state index in [4.69, 9.17) is 11.6 Å². The first-order valence-corrected chi connectivity index (χ1v) is 12.7. The van der Waals surface area contributed by atoms with Gasteiger partial charge in [-0.1, -0.05) is 36.4 Å². The van der Waals surface area contributed by atoms with Crippen LogP contribution in [0.3, 0.4) is 0 Å². The molecule has 0 spiro atoms. The molecule has 0 saturated heterocycles. The number of carbonyl (C=O) groups excluding carboxylic acids is 1. The second-order valence-electron chi connectivity index (χ2n) is 6.79. The first kappa shape index (κ1) is 21.9. The zero-order valence-corrected chi connectivity index (χ0v) is 18.9. The van der Waals surface area contributed by atoms with Crippen molar-refractivity contribution in [3.8, 4) is 23.5 Å². The molecule has 4 rings (SSSR count). The van der Waals surface area contributed by atoms with Crippen molar-refractivity contribution in [2.45, 2.75) is 6.04 Å². The van der Waals surface area contributed by atoms with Gasteiger partial charge in [0.15, 0.2) is 5.01 Å². The summed E-state index contributed by atoms with van der Waals surface area (Å²) in [6, 6.07) is 11.7. The lowest BCUT2D eigenvalue weighted by Gasteiger charge is -2.19. The fourth-order valence-corrected chi connectivity index (χ4v) is 5.29. The first-order chi connectivity index (χ1) is 15.3. The summed E-state index contributed by atoms with van der Waals surface area (Å²) >= 11 is 2.76. The smallest absolute Gasteiger partial charge is 0.320 e. The van der Waals surface area contributed by atoms with Gasteiger partial charge in [0.2, 0.25) is 10.0 Å². The number of thiazole rings is 2. The van der Waals surface area contributed by atoms with Gasteiger partial charge in [-0.25, -0.2) is 28.3 Å². The molecule has 2 aromatic carbocycles. The van der Waals surface area contributed by atoms with Gasteiger partial charge in [0.05, 0.1) is 27.5 Å². The van der Waals surface area contributed by atoms with Crippen molar-refractivity contribution in [1.29, 1.82) is 0 Å². The predicted molar refractivity (Wildman–Crippen MR) is 128 cm³/mol. The quantitative estimate of drug-likeness (QED) is 0.362. The SMILES string of the molecule is C#Cc1nc(NC(=O)NC(CS(N)(=O)=O)c2ccc(-c3cccc4ncsc34)cc2)cs1. The molecule has 4 N–H and O–H groups in total. The number of terminal acetylenes is 1. The second kappa shape index (κ2) is 9.05. The highest BCUT2D eigenvalue weighted by atomic mass is 32.2. The molecule has 0 saturated carbocycles. The van der Waals surface area contributed by atoms with Gasteiger partial charge in [-0.15, -0.1) is 29.1 Å². The number of hydrogen-bond donors (Lipinski definition) is 3. The number of hydrogen-bond acceptors (Lipinski definition) is 7. The van der Waals surface area contributed by atoms with Crippen LogP contribution in [0.5, 0.6) is 0 Å². The van der Waals surface area contributed by atoms with E-state index in [0.29, 0.717) is 10.6 Å². The van der Waals surface area contributed by atoms with Crippen LogP contribution < -0.4 is 15.8 Å². The van der Waals surface area contributed by atoms with Crippen molar-refractivity contribution in [2.75, 3.05) is 11.1 Å². The van der Waals surface area contributed by atoms with E-state index in [-0.39, 0.29) is 5.82 Å². The van der Waals surface area contributed by atoms with Crippen LogP contribution in [0.1, 0.15) is 16.6 Å². The number of nitrogens with zero attached hydrogens (tertiary/aromatic N) is 2. The molecule has 2 heterocycles. The second-order valence-corrected chi connectivity index (χ2v) is 10.2. The predicted octanol–water partition coefficient (Wildman–Crippen LogP) is 3.55. The average molecular weight is 484 g/mol. The first-order valence-electron chi connectivity index (χ1n) is 9.25. The van der Waals surface area contributed by atoms with Crippen molar-refractivity contribution >= 4 is 54.8 Å². The molecule has 1 unspecified atom stereocenters. The lowest BCUT2D eigenvalue weighted by Crippen LogP contribution is -2.37. The van der Waals surface area contributed by atoms with Crippen LogP contribution >= 0.6 is 22.7 Å². The molecule has 0 aliphatic rings. The summed E-state index contributed by atoms with van der Waals surface area (Å²) in [6.07, 6.45) is 5.28. The summed E-state index contributed by atoms with van der Waals surface area (Å²) in [5, 5.41) is 12.5. The van der Waals surface area contributed by atoms with Gasteiger partial charge in [-0.2, -0.15) is 0 Å². The van der Waals surface area contributed by atoms with Crippen LogP contribution in [0.2, 0.25) is 0 Å². The van der Waals surface area contributed by atoms with Gasteiger partial charge in [-0.3, -0.25) is 5.32 Å². The Hall–Kier alpha value is -3.30. The molecule has 2 aromatic heterocycles. The van der Waals surface area contributed by atoms with E-state index in [1.807, 2.05) is 30.3 Å². The molecular formula is C21H17N5O3S3. The summed E-state index contributed by atoms with van der Waals surface area (Å²) in [5.41, 5.74) is 5.28. The number of carbonyl (C=O) groups is 1. The number of sulfonamides is 1. The maximum Gasteiger partial charge on any atom is 0.320 e. The van der Waals surface area contributed by atoms with Crippen LogP contribution in [0.4, 0.5) is 10.6 Å². The number of fused-ring (bicyclic) bond motifs is 1. The Balaban J connectivity index is 1.57. The minimum absolute atomic E-state index is 0.280. The minimum Gasteiger partial charge on any atom is -0.330 e. The van der Waals surface area contributed by atoms with Crippen molar-refractivity contribution < 1.29 is 13.2 Å². The van der Waals surface area contributed by atoms with E-state index in [0.717, 1.165) is 21.3 Å². The van der Waals surface area contributed by atoms with E-state index in [9.17, 15) is 13.2 Å². The minimum atomic E-state index is -3.86. The highest BCUT2D eigenvalue weighted by Gasteiger charge is 2.21. The van der Waals surface area contributed by atoms with Crippen LogP contribution in [0.25, 0.3) is 21.3 Å². The zero-order valence-electron chi connectivity index (χ0n) is 16.5. The van der Waals surface area contributed by atoms with Crippen LogP contribution in [-0.4, -0.2) is 30.2 Å². The molecule has 162 valence electrons. The molecule has 0 fully saturated rings. The van der Waals surface area contributed by atoms with E-state index in [1.54, 1.807) is 34.4 Å². The molecule has 0 bridgehead atoms. The van der Waals surface area contributed by atoms with E-state index >= 15 is 0 Å². The molecule has 0 aliphatic heterocycles. The summed E-state index contributed by atoms with van der Waals surface area (Å²) in [6.45, 7) is 0. The van der Waals surface area contributed by atoms with Gasteiger partial charge in [0, 0.05) is 10.9 Å². The molecule has 0 radical (unpaired) electrons. The monoisotopic (exact) mass is 483 g/mol. The third-order valence-electron chi connectivity index (χ3n) is 4.55. The van der Waals surface area contributed by atoms with E-state index < -0.39 is 27.8 Å². The number of primary sulfonamides is 1. The van der Waals surface area contributed by atoms with Crippen molar-refractivity contribution in [2.24, 2.45) is 5.14 Å². The number of rotatable bonds is 6. The molecule has 8 nitrogen and oxygen atoms in total. The highest BCUT2D eigenvalue weighted by Crippen LogP contribution is 2.31. The fraction of sp³-hybridized carbons (Fsp3) is 0.0952. The molecule has 32 heavy (non-hydrogen) atoms. The van der Waals surface area contributed by atoms with Gasteiger partial charge < -0.3 is 5.32 Å². The van der Waals surface area contributed by atoms with Crippen molar-refractivity contribution in [3.05, 3.63) is 63.9 Å². The average Bonchev–Trinajstić information content (AvgIpc) is 3.41. The Morgan fingerprint density at radius 3 is 2.66 bits per heavy atom. The van der Waals surface area contributed by atoms with Gasteiger partial charge in [-0.05, 0) is 23.1 Å². The molecule has 0 aliphatic carbocycles. The van der Waals surface area contributed by atoms with E-state index in [2.05, 4.69) is 26.5 Å². The van der Waals surface area contributed by atoms with Gasteiger partial charge in [0.1, 0.15) is 5.82 Å². The third kappa shape index (κ3) is 5.12. The lowest BCUT2D eigenvalue weighted by molar-refractivity contribution is 0.249. The number of benzene rings is 2. The molecule has 4 aromatic rings. The number of aromatic nitrogens is 2. The van der Waals surface area contributed by atoms with Crippen molar-refractivity contribution in [3.63, 3.8) is 0 Å². The third-order valence-corrected chi connectivity index (χ3v) is 7.00. The van der Waals surface area contributed by atoms with Gasteiger partial charge in [0.25, 0.3) is 0 Å². The Morgan fingerprint density at radius 1 is 1.19 bits per heavy atom. The van der Waals surface area contributed by atoms with Crippen LogP contribution in [0, 0.1) is 12.3 Å². The standard InChI is InChI=1S/C21H17N5O3S3/c1-2-19-25-18(10-30-19)26-21(27)24-17(11-32(22,28)29)14-8-6-13(7-9-14)15-4-3-5-16-20(15)31-12-23-16/h1,3-10,12,17H,11H2,(H2,22,28,29)(H2,24,26,27). The van der Waals surface area contributed by atoms with E-state index in [1.165, 1.54) is 11.3 Å². The van der Waals surface area contributed by atoms with Crippen molar-refractivity contribution in [1.82, 2.24) is 15.3 Å². The molecule has 11 heteroatoms. The fourth-order valence-electron chi connectivity index (χ4n) is 3.17.